The van der Waals surface area contributed by atoms with Crippen molar-refractivity contribution in [2.45, 2.75) is 38.8 Å². The van der Waals surface area contributed by atoms with Crippen molar-refractivity contribution in [3.63, 3.8) is 0 Å². The van der Waals surface area contributed by atoms with Gasteiger partial charge in [0.05, 0.1) is 6.04 Å². The average Bonchev–Trinajstić information content (AvgIpc) is 3.07. The first-order chi connectivity index (χ1) is 12.3. The Hall–Kier alpha value is -2.40. The van der Waals surface area contributed by atoms with E-state index in [1.54, 1.807) is 20.1 Å². The molecule has 2 aromatic rings. The standard InChI is InChI=1S/C20H20ClFN2O2/c1-13-4-6-14(7-5-13)17-10-11-23-24(17)19(25)20(2,3)26-18-9-8-15(21)12-16(18)22/h4-9,11-12,17H,10H2,1-3H3. The summed E-state index contributed by atoms with van der Waals surface area (Å²) in [6.07, 6.45) is 2.33. The van der Waals surface area contributed by atoms with Crippen LogP contribution in [0.4, 0.5) is 4.39 Å². The normalized spacial score (nSPS) is 16.8. The molecule has 1 heterocycles. The van der Waals surface area contributed by atoms with Crippen LogP contribution in [0.1, 0.15) is 37.4 Å². The monoisotopic (exact) mass is 374 g/mol. The van der Waals surface area contributed by atoms with Crippen molar-refractivity contribution in [2.24, 2.45) is 5.10 Å². The van der Waals surface area contributed by atoms with Crippen molar-refractivity contribution in [3.05, 3.63) is 64.4 Å². The highest BCUT2D eigenvalue weighted by atomic mass is 35.5. The molecule has 4 nitrogen and oxygen atoms in total. The molecule has 0 radical (unpaired) electrons. The molecule has 0 fully saturated rings. The maximum absolute atomic E-state index is 14.0. The number of hydrogen-bond acceptors (Lipinski definition) is 3. The van der Waals surface area contributed by atoms with Crippen LogP contribution in [-0.4, -0.2) is 22.7 Å². The van der Waals surface area contributed by atoms with E-state index in [0.717, 1.165) is 17.2 Å². The molecule has 26 heavy (non-hydrogen) atoms. The predicted molar refractivity (Wildman–Crippen MR) is 100.0 cm³/mol. The van der Waals surface area contributed by atoms with Gasteiger partial charge in [0.2, 0.25) is 0 Å². The quantitative estimate of drug-likeness (QED) is 0.763. The molecule has 1 aliphatic heterocycles. The molecule has 0 aliphatic carbocycles. The van der Waals surface area contributed by atoms with E-state index in [2.05, 4.69) is 5.10 Å². The first kappa shape index (κ1) is 18.4. The Balaban J connectivity index is 1.81. The van der Waals surface area contributed by atoms with Gasteiger partial charge in [-0.2, -0.15) is 5.10 Å². The molecule has 1 atom stereocenters. The Morgan fingerprint density at radius 3 is 2.62 bits per heavy atom. The molecule has 0 saturated carbocycles. The van der Waals surface area contributed by atoms with Crippen LogP contribution < -0.4 is 4.74 Å². The summed E-state index contributed by atoms with van der Waals surface area (Å²) >= 11 is 5.76. The summed E-state index contributed by atoms with van der Waals surface area (Å²) in [6.45, 7) is 5.21. The van der Waals surface area contributed by atoms with Crippen LogP contribution in [0.5, 0.6) is 5.75 Å². The van der Waals surface area contributed by atoms with E-state index >= 15 is 0 Å². The fourth-order valence-electron chi connectivity index (χ4n) is 2.83. The third-order valence-electron chi connectivity index (χ3n) is 4.27. The van der Waals surface area contributed by atoms with Gasteiger partial charge >= 0.3 is 0 Å². The lowest BCUT2D eigenvalue weighted by Crippen LogP contribution is -2.47. The smallest absolute Gasteiger partial charge is 0.286 e. The SMILES string of the molecule is Cc1ccc(C2CC=NN2C(=O)C(C)(C)Oc2ccc(Cl)cc2F)cc1. The van der Waals surface area contributed by atoms with Gasteiger partial charge in [-0.3, -0.25) is 4.79 Å². The average molecular weight is 375 g/mol. The number of ether oxygens (including phenoxy) is 1. The highest BCUT2D eigenvalue weighted by Crippen LogP contribution is 2.32. The van der Waals surface area contributed by atoms with E-state index < -0.39 is 11.4 Å². The second kappa shape index (κ2) is 7.08. The number of rotatable bonds is 4. The molecule has 2 aromatic carbocycles. The number of amides is 1. The minimum Gasteiger partial charge on any atom is -0.475 e. The number of carbonyl (C=O) groups excluding carboxylic acids is 1. The van der Waals surface area contributed by atoms with Crippen LogP contribution in [-0.2, 0) is 4.79 Å². The fourth-order valence-corrected chi connectivity index (χ4v) is 2.99. The number of carbonyl (C=O) groups is 1. The number of hydrazone groups is 1. The molecule has 0 spiro atoms. The van der Waals surface area contributed by atoms with E-state index in [0.29, 0.717) is 6.42 Å². The fraction of sp³-hybridized carbons (Fsp3) is 0.300. The Morgan fingerprint density at radius 2 is 1.96 bits per heavy atom. The van der Waals surface area contributed by atoms with Crippen molar-refractivity contribution < 1.29 is 13.9 Å². The van der Waals surface area contributed by atoms with Crippen molar-refractivity contribution in [1.82, 2.24) is 5.01 Å². The van der Waals surface area contributed by atoms with Gasteiger partial charge in [-0.25, -0.2) is 9.40 Å². The van der Waals surface area contributed by atoms with Crippen LogP contribution in [0.2, 0.25) is 5.02 Å². The minimum absolute atomic E-state index is 0.0252. The number of hydrogen-bond donors (Lipinski definition) is 0. The number of halogens is 2. The molecule has 6 heteroatoms. The van der Waals surface area contributed by atoms with E-state index in [1.165, 1.54) is 17.1 Å². The van der Waals surface area contributed by atoms with Crippen LogP contribution in [0.25, 0.3) is 0 Å². The zero-order valence-corrected chi connectivity index (χ0v) is 15.6. The van der Waals surface area contributed by atoms with Gasteiger partial charge < -0.3 is 4.74 Å². The van der Waals surface area contributed by atoms with Crippen LogP contribution in [0.15, 0.2) is 47.6 Å². The molecule has 1 unspecified atom stereocenters. The number of aryl methyl sites for hydroxylation is 1. The molecule has 0 bridgehead atoms. The second-order valence-electron chi connectivity index (χ2n) is 6.80. The molecule has 3 rings (SSSR count). The first-order valence-corrected chi connectivity index (χ1v) is 8.72. The lowest BCUT2D eigenvalue weighted by molar-refractivity contribution is -0.147. The Labute approximate surface area is 157 Å². The summed E-state index contributed by atoms with van der Waals surface area (Å²) in [6, 6.07) is 11.9. The topological polar surface area (TPSA) is 41.9 Å². The molecule has 0 aromatic heterocycles. The molecule has 1 amide bonds. The largest absolute Gasteiger partial charge is 0.475 e. The van der Waals surface area contributed by atoms with Gasteiger partial charge in [-0.15, -0.1) is 0 Å². The van der Waals surface area contributed by atoms with Gasteiger partial charge in [0.15, 0.2) is 17.2 Å². The maximum Gasteiger partial charge on any atom is 0.286 e. The van der Waals surface area contributed by atoms with Crippen molar-refractivity contribution in [3.8, 4) is 5.75 Å². The molecule has 1 aliphatic rings. The van der Waals surface area contributed by atoms with Gasteiger partial charge in [0.25, 0.3) is 5.91 Å². The first-order valence-electron chi connectivity index (χ1n) is 8.34. The lowest BCUT2D eigenvalue weighted by Gasteiger charge is -2.31. The second-order valence-corrected chi connectivity index (χ2v) is 7.23. The molecule has 136 valence electrons. The minimum atomic E-state index is -1.29. The Kier molecular flexibility index (Phi) is 5.01. The van der Waals surface area contributed by atoms with Crippen LogP contribution in [0.3, 0.4) is 0 Å². The Bertz CT molecular complexity index is 849. The van der Waals surface area contributed by atoms with E-state index in [4.69, 9.17) is 16.3 Å². The predicted octanol–water partition coefficient (Wildman–Crippen LogP) is 4.90. The molecular formula is C20H20ClFN2O2. The third kappa shape index (κ3) is 3.73. The zero-order chi connectivity index (χ0) is 18.9. The Morgan fingerprint density at radius 1 is 1.27 bits per heavy atom. The molecular weight excluding hydrogens is 355 g/mol. The van der Waals surface area contributed by atoms with Crippen molar-refractivity contribution >= 4 is 23.7 Å². The van der Waals surface area contributed by atoms with Gasteiger partial charge in [0.1, 0.15) is 0 Å². The molecule has 0 saturated heterocycles. The van der Waals surface area contributed by atoms with Crippen LogP contribution in [0, 0.1) is 12.7 Å². The molecule has 0 N–H and O–H groups in total. The zero-order valence-electron chi connectivity index (χ0n) is 14.9. The summed E-state index contributed by atoms with van der Waals surface area (Å²) in [7, 11) is 0. The lowest BCUT2D eigenvalue weighted by atomic mass is 10.0. The summed E-state index contributed by atoms with van der Waals surface area (Å²) in [5.41, 5.74) is 0.849. The third-order valence-corrected chi connectivity index (χ3v) is 4.51. The number of nitrogens with zero attached hydrogens (tertiary/aromatic N) is 2. The number of benzene rings is 2. The van der Waals surface area contributed by atoms with Gasteiger partial charge in [-0.1, -0.05) is 41.4 Å². The van der Waals surface area contributed by atoms with Crippen molar-refractivity contribution in [1.29, 1.82) is 0 Å². The highest BCUT2D eigenvalue weighted by Gasteiger charge is 2.40. The van der Waals surface area contributed by atoms with Crippen molar-refractivity contribution in [2.75, 3.05) is 0 Å². The summed E-state index contributed by atoms with van der Waals surface area (Å²) in [5, 5.41) is 5.91. The van der Waals surface area contributed by atoms with Crippen LogP contribution >= 0.6 is 11.6 Å². The highest BCUT2D eigenvalue weighted by molar-refractivity contribution is 6.30. The van der Waals surface area contributed by atoms with Gasteiger partial charge in [0, 0.05) is 17.7 Å². The summed E-state index contributed by atoms with van der Waals surface area (Å²) in [5.74, 6) is -0.979. The van der Waals surface area contributed by atoms with E-state index in [-0.39, 0.29) is 22.7 Å². The van der Waals surface area contributed by atoms with Gasteiger partial charge in [-0.05, 0) is 44.5 Å². The summed E-state index contributed by atoms with van der Waals surface area (Å²) < 4.78 is 19.7. The maximum atomic E-state index is 14.0. The van der Waals surface area contributed by atoms with E-state index in [1.807, 2.05) is 31.2 Å². The van der Waals surface area contributed by atoms with E-state index in [9.17, 15) is 9.18 Å². The summed E-state index contributed by atoms with van der Waals surface area (Å²) in [4.78, 5) is 13.0.